The van der Waals surface area contributed by atoms with E-state index in [9.17, 15) is 24.0 Å². The van der Waals surface area contributed by atoms with Gasteiger partial charge in [0, 0.05) is 26.2 Å². The van der Waals surface area contributed by atoms with Crippen molar-refractivity contribution >= 4 is 29.7 Å². The van der Waals surface area contributed by atoms with Gasteiger partial charge in [0.15, 0.2) is 17.5 Å². The molecule has 6 rings (SSSR count). The zero-order chi connectivity index (χ0) is 36.0. The van der Waals surface area contributed by atoms with Crippen LogP contribution in [0.15, 0.2) is 48.6 Å². The highest BCUT2D eigenvalue weighted by molar-refractivity contribution is 5.99. The second-order valence-electron chi connectivity index (χ2n) is 15.7. The highest BCUT2D eigenvalue weighted by Crippen LogP contribution is 2.73. The first-order chi connectivity index (χ1) is 23.8. The molecule has 0 radical (unpaired) electrons. The van der Waals surface area contributed by atoms with Crippen LogP contribution in [-0.4, -0.2) is 66.8 Å². The first-order valence-corrected chi connectivity index (χ1v) is 18.3. The zero-order valence-electron chi connectivity index (χ0n) is 29.9. The van der Waals surface area contributed by atoms with Gasteiger partial charge in [0.1, 0.15) is 24.7 Å². The lowest BCUT2D eigenvalue weighted by Crippen LogP contribution is -2.67. The number of allylic oxidation sites excluding steroid dienone is 3. The Balaban J connectivity index is 1.27. The molecule has 4 fully saturated rings. The Morgan fingerprint density at radius 1 is 1.04 bits per heavy atom. The van der Waals surface area contributed by atoms with E-state index >= 15 is 0 Å². The first kappa shape index (κ1) is 36.3. The molecule has 50 heavy (non-hydrogen) atoms. The van der Waals surface area contributed by atoms with Gasteiger partial charge in [0.25, 0.3) is 0 Å². The van der Waals surface area contributed by atoms with E-state index in [1.165, 1.54) is 13.0 Å². The summed E-state index contributed by atoms with van der Waals surface area (Å²) in [5, 5.41) is 0. The molecule has 1 saturated heterocycles. The average Bonchev–Trinajstić information content (AvgIpc) is 3.70. The molecule has 0 aromatic heterocycles. The predicted molar refractivity (Wildman–Crippen MR) is 182 cm³/mol. The third-order valence-electron chi connectivity index (χ3n) is 13.4. The van der Waals surface area contributed by atoms with Crippen LogP contribution in [0.4, 0.5) is 0 Å². The summed E-state index contributed by atoms with van der Waals surface area (Å²) in [4.78, 5) is 64.6. The second kappa shape index (κ2) is 13.9. The number of rotatable bonds is 13. The highest BCUT2D eigenvalue weighted by Gasteiger charge is 2.83. The molecule has 4 aliphatic carbocycles. The van der Waals surface area contributed by atoms with Crippen LogP contribution in [0, 0.1) is 40.4 Å². The normalized spacial score (nSPS) is 38.8. The molecule has 0 amide bonds. The number of epoxide rings is 1. The third-order valence-corrected chi connectivity index (χ3v) is 13.4. The lowest BCUT2D eigenvalue weighted by molar-refractivity contribution is -0.182. The molecular weight excluding hydrogens is 640 g/mol. The standard InChI is InChI=1S/C40H52O10/c1-7-9-11-35(43)47-22-39-30-17-18-38(6)28(24(4)31-19-23(3)27(37(45)48-31)21-46-25(5)41)13-14-29(38)26(30)20-34-40(39,50-34)33(16-15-32(39)42)49-36(44)12-10-8-2/h7-8,15-16,24,26,28-31,33-34H,1-2,9-14,17-22H2,3-6H3/t24-,26-,28+,29-,30-,31+,33-,34+,38+,39-,40+/m0/s1. The summed E-state index contributed by atoms with van der Waals surface area (Å²) >= 11 is 0. The van der Waals surface area contributed by atoms with Gasteiger partial charge in [-0.15, -0.1) is 13.2 Å². The quantitative estimate of drug-likeness (QED) is 0.0990. The van der Waals surface area contributed by atoms with E-state index in [0.29, 0.717) is 24.8 Å². The number of cyclic esters (lactones) is 1. The molecule has 2 aliphatic heterocycles. The topological polar surface area (TPSA) is 135 Å². The van der Waals surface area contributed by atoms with Gasteiger partial charge in [0.05, 0.1) is 11.7 Å². The Labute approximate surface area is 295 Å². The second-order valence-corrected chi connectivity index (χ2v) is 15.7. The van der Waals surface area contributed by atoms with Crippen LogP contribution >= 0.6 is 0 Å². The van der Waals surface area contributed by atoms with Gasteiger partial charge in [-0.2, -0.15) is 0 Å². The van der Waals surface area contributed by atoms with Crippen LogP contribution in [0.3, 0.4) is 0 Å². The van der Waals surface area contributed by atoms with E-state index in [1.54, 1.807) is 18.2 Å². The number of ketones is 1. The van der Waals surface area contributed by atoms with Crippen molar-refractivity contribution in [1.29, 1.82) is 0 Å². The minimum atomic E-state index is -1.17. The Hall–Kier alpha value is -3.53. The van der Waals surface area contributed by atoms with Gasteiger partial charge >= 0.3 is 23.9 Å². The smallest absolute Gasteiger partial charge is 0.337 e. The van der Waals surface area contributed by atoms with Gasteiger partial charge in [-0.1, -0.05) is 31.6 Å². The summed E-state index contributed by atoms with van der Waals surface area (Å²) in [7, 11) is 0. The third kappa shape index (κ3) is 5.89. The molecule has 6 aliphatic rings. The van der Waals surface area contributed by atoms with Gasteiger partial charge in [-0.25, -0.2) is 4.79 Å². The van der Waals surface area contributed by atoms with Crippen LogP contribution in [-0.2, 0) is 47.7 Å². The molecule has 11 atom stereocenters. The maximum atomic E-state index is 14.4. The number of carbonyl (C=O) groups excluding carboxylic acids is 5. The SMILES string of the molecule is C=CCCC(=O)OC[C@]12C(=O)C=C[C@H](OC(=O)CCC=C)[C@]13O[C@@H]3C[C@H]1[C@@H]3CC[C@H]([C@H](C)[C@H]4CC(C)=C(COC(C)=O)C(=O)O4)[C@@]3(C)CC[C@@H]12. The molecule has 0 aromatic carbocycles. The van der Waals surface area contributed by atoms with Crippen molar-refractivity contribution in [3.05, 3.63) is 48.6 Å². The molecule has 0 unspecified atom stereocenters. The molecule has 272 valence electrons. The van der Waals surface area contributed by atoms with Gasteiger partial charge < -0.3 is 23.7 Å². The predicted octanol–water partition coefficient (Wildman–Crippen LogP) is 5.93. The van der Waals surface area contributed by atoms with E-state index in [-0.39, 0.29) is 85.0 Å². The minimum absolute atomic E-state index is 0.0660. The maximum absolute atomic E-state index is 14.4. The van der Waals surface area contributed by atoms with E-state index in [1.807, 2.05) is 6.92 Å². The van der Waals surface area contributed by atoms with Crippen molar-refractivity contribution in [2.75, 3.05) is 13.2 Å². The zero-order valence-corrected chi connectivity index (χ0v) is 29.9. The van der Waals surface area contributed by atoms with Crippen LogP contribution in [0.2, 0.25) is 0 Å². The minimum Gasteiger partial charge on any atom is -0.464 e. The van der Waals surface area contributed by atoms with Crippen molar-refractivity contribution in [3.8, 4) is 0 Å². The molecule has 0 bridgehead atoms. The summed E-state index contributed by atoms with van der Waals surface area (Å²) < 4.78 is 29.7. The fraction of sp³-hybridized carbons (Fsp3) is 0.675. The lowest BCUT2D eigenvalue weighted by atomic mass is 9.44. The van der Waals surface area contributed by atoms with Gasteiger partial charge in [0.2, 0.25) is 0 Å². The summed E-state index contributed by atoms with van der Waals surface area (Å²) in [6, 6.07) is 0. The Bertz CT molecular complexity index is 1510. The summed E-state index contributed by atoms with van der Waals surface area (Å²) in [5.74, 6) is -1.10. The fourth-order valence-electron chi connectivity index (χ4n) is 10.9. The molecule has 3 saturated carbocycles. The van der Waals surface area contributed by atoms with Crippen LogP contribution < -0.4 is 0 Å². The molecule has 2 heterocycles. The summed E-state index contributed by atoms with van der Waals surface area (Å²) in [6.45, 7) is 15.0. The highest BCUT2D eigenvalue weighted by atomic mass is 16.7. The number of ether oxygens (including phenoxy) is 5. The lowest BCUT2D eigenvalue weighted by Gasteiger charge is -2.59. The number of esters is 4. The Kier molecular flexibility index (Phi) is 10.1. The fourth-order valence-corrected chi connectivity index (χ4v) is 10.9. The van der Waals surface area contributed by atoms with Crippen molar-refractivity contribution in [3.63, 3.8) is 0 Å². The summed E-state index contributed by atoms with van der Waals surface area (Å²) in [5.41, 5.74) is -1.01. The molecule has 0 aromatic rings. The van der Waals surface area contributed by atoms with Gasteiger partial charge in [-0.05, 0) is 99.0 Å². The average molecular weight is 693 g/mol. The molecule has 10 heteroatoms. The number of fused-ring (bicyclic) bond motifs is 4. The maximum Gasteiger partial charge on any atom is 0.337 e. The number of carbonyl (C=O) groups is 5. The van der Waals surface area contributed by atoms with E-state index < -0.39 is 35.0 Å². The van der Waals surface area contributed by atoms with Crippen LogP contribution in [0.25, 0.3) is 0 Å². The Morgan fingerprint density at radius 3 is 2.44 bits per heavy atom. The first-order valence-electron chi connectivity index (χ1n) is 18.3. The van der Waals surface area contributed by atoms with Crippen molar-refractivity contribution in [1.82, 2.24) is 0 Å². The monoisotopic (exact) mass is 692 g/mol. The molecular formula is C40H52O10. The van der Waals surface area contributed by atoms with Crippen molar-refractivity contribution in [2.24, 2.45) is 40.4 Å². The van der Waals surface area contributed by atoms with E-state index in [2.05, 4.69) is 27.0 Å². The summed E-state index contributed by atoms with van der Waals surface area (Å²) in [6.07, 6.45) is 11.3. The number of hydrogen-bond donors (Lipinski definition) is 0. The van der Waals surface area contributed by atoms with Crippen LogP contribution in [0.1, 0.15) is 91.9 Å². The van der Waals surface area contributed by atoms with Crippen molar-refractivity contribution in [2.45, 2.75) is 116 Å². The van der Waals surface area contributed by atoms with Crippen LogP contribution in [0.5, 0.6) is 0 Å². The van der Waals surface area contributed by atoms with E-state index in [4.69, 9.17) is 23.7 Å². The molecule has 10 nitrogen and oxygen atoms in total. The van der Waals surface area contributed by atoms with E-state index in [0.717, 1.165) is 37.7 Å². The van der Waals surface area contributed by atoms with Crippen molar-refractivity contribution < 1.29 is 47.7 Å². The molecule has 1 spiro atoms. The van der Waals surface area contributed by atoms with Gasteiger partial charge in [-0.3, -0.25) is 19.2 Å². The molecule has 0 N–H and O–H groups in total. The Morgan fingerprint density at radius 2 is 1.76 bits per heavy atom. The number of hydrogen-bond acceptors (Lipinski definition) is 10. The largest absolute Gasteiger partial charge is 0.464 e.